The van der Waals surface area contributed by atoms with E-state index in [4.69, 9.17) is 17.3 Å². The van der Waals surface area contributed by atoms with Crippen LogP contribution in [0.1, 0.15) is 12.0 Å². The number of amides is 1. The number of allylic oxidation sites excluding steroid dienone is 2. The zero-order valence-corrected chi connectivity index (χ0v) is 18.3. The standard InChI is InChI=1S/C25H24ClN5O/c26-18-4-1-3-17(15-18)22-5-2-12-30-14-11-23(29-24(22)30)25(32)28-20-6-8-21(9-7-20)31-13-10-19(27)16-31/h1-9,11,14-15,19H,10,12-13,16,27H2,(H,28,32)/t19-/m1/s1. The summed E-state index contributed by atoms with van der Waals surface area (Å²) in [6, 6.07) is 15.7. The number of nitrogens with one attached hydrogen (secondary N) is 1. The first-order valence-corrected chi connectivity index (χ1v) is 11.1. The number of anilines is 2. The van der Waals surface area contributed by atoms with Gasteiger partial charge in [-0.05, 0) is 54.5 Å². The smallest absolute Gasteiger partial charge is 0.274 e. The molecule has 0 spiro atoms. The van der Waals surface area contributed by atoms with E-state index >= 15 is 0 Å². The van der Waals surface area contributed by atoms with E-state index < -0.39 is 0 Å². The fourth-order valence-corrected chi connectivity index (χ4v) is 4.34. The topological polar surface area (TPSA) is 74.0 Å². The van der Waals surface area contributed by atoms with Crippen LogP contribution in [-0.4, -0.2) is 42.2 Å². The third-order valence-electron chi connectivity index (χ3n) is 5.82. The van der Waals surface area contributed by atoms with Gasteiger partial charge in [0.05, 0.1) is 0 Å². The number of hydrogen-bond donors (Lipinski definition) is 2. The van der Waals surface area contributed by atoms with Crippen LogP contribution in [0.4, 0.5) is 11.4 Å². The quantitative estimate of drug-likeness (QED) is 0.745. The molecule has 3 N–H and O–H groups in total. The molecule has 3 aliphatic rings. The van der Waals surface area contributed by atoms with Crippen molar-refractivity contribution in [3.8, 4) is 0 Å². The molecule has 0 aromatic heterocycles. The lowest BCUT2D eigenvalue weighted by Crippen LogP contribution is -2.29. The lowest BCUT2D eigenvalue weighted by Gasteiger charge is -2.28. The average Bonchev–Trinajstić information content (AvgIpc) is 3.25. The first-order valence-electron chi connectivity index (χ1n) is 10.7. The molecule has 2 aromatic rings. The van der Waals surface area contributed by atoms with Crippen LogP contribution in [0.2, 0.25) is 5.02 Å². The van der Waals surface area contributed by atoms with E-state index in [1.54, 1.807) is 6.08 Å². The molecule has 6 nitrogen and oxygen atoms in total. The van der Waals surface area contributed by atoms with Crippen molar-refractivity contribution < 1.29 is 4.79 Å². The number of fused-ring (bicyclic) bond motifs is 1. The van der Waals surface area contributed by atoms with E-state index in [0.29, 0.717) is 17.3 Å². The molecule has 1 fully saturated rings. The van der Waals surface area contributed by atoms with Gasteiger partial charge in [0.25, 0.3) is 5.91 Å². The molecule has 2 aromatic carbocycles. The van der Waals surface area contributed by atoms with Crippen LogP contribution in [0, 0.1) is 0 Å². The lowest BCUT2D eigenvalue weighted by molar-refractivity contribution is -0.110. The van der Waals surface area contributed by atoms with Gasteiger partial charge in [0.15, 0.2) is 0 Å². The molecular formula is C25H24ClN5O. The second kappa shape index (κ2) is 8.65. The Morgan fingerprint density at radius 1 is 1.16 bits per heavy atom. The van der Waals surface area contributed by atoms with E-state index in [0.717, 1.165) is 47.8 Å². The Morgan fingerprint density at radius 3 is 2.75 bits per heavy atom. The number of rotatable bonds is 4. The van der Waals surface area contributed by atoms with Gasteiger partial charge in [-0.1, -0.05) is 35.9 Å². The zero-order valence-electron chi connectivity index (χ0n) is 17.5. The van der Waals surface area contributed by atoms with E-state index in [-0.39, 0.29) is 11.9 Å². The SMILES string of the molecule is N[C@@H]1CCN(c2ccc(NC(=O)C3=NC4=C(c5cccc(Cl)c5)C=CCN4C=C3)cc2)C1. The number of benzene rings is 2. The zero-order chi connectivity index (χ0) is 22.1. The minimum absolute atomic E-state index is 0.228. The van der Waals surface area contributed by atoms with E-state index in [1.165, 1.54) is 0 Å². The van der Waals surface area contributed by atoms with E-state index in [1.807, 2.05) is 65.7 Å². The Kier molecular flexibility index (Phi) is 5.55. The minimum Gasteiger partial charge on any atom is -0.370 e. The third-order valence-corrected chi connectivity index (χ3v) is 6.06. The summed E-state index contributed by atoms with van der Waals surface area (Å²) < 4.78 is 0. The van der Waals surface area contributed by atoms with Crippen molar-refractivity contribution in [3.05, 3.63) is 89.4 Å². The van der Waals surface area contributed by atoms with Gasteiger partial charge >= 0.3 is 0 Å². The van der Waals surface area contributed by atoms with Crippen LogP contribution >= 0.6 is 11.6 Å². The molecule has 0 bridgehead atoms. The first kappa shape index (κ1) is 20.5. The highest BCUT2D eigenvalue weighted by atomic mass is 35.5. The maximum absolute atomic E-state index is 12.9. The van der Waals surface area contributed by atoms with Gasteiger partial charge < -0.3 is 20.9 Å². The minimum atomic E-state index is -0.246. The number of halogens is 1. The first-order chi connectivity index (χ1) is 15.6. The number of nitrogens with zero attached hydrogens (tertiary/aromatic N) is 3. The maximum atomic E-state index is 12.9. The lowest BCUT2D eigenvalue weighted by atomic mass is 10.0. The molecule has 1 atom stereocenters. The molecule has 0 aliphatic carbocycles. The molecule has 3 aliphatic heterocycles. The molecule has 0 radical (unpaired) electrons. The normalized spacial score (nSPS) is 19.8. The Labute approximate surface area is 192 Å². The van der Waals surface area contributed by atoms with Gasteiger partial charge in [-0.3, -0.25) is 4.79 Å². The van der Waals surface area contributed by atoms with Crippen molar-refractivity contribution in [2.75, 3.05) is 29.9 Å². The second-order valence-electron chi connectivity index (χ2n) is 8.11. The van der Waals surface area contributed by atoms with Crippen molar-refractivity contribution in [1.82, 2.24) is 4.90 Å². The molecule has 32 heavy (non-hydrogen) atoms. The van der Waals surface area contributed by atoms with Crippen LogP contribution < -0.4 is 16.0 Å². The summed E-state index contributed by atoms with van der Waals surface area (Å²) in [5, 5.41) is 3.61. The molecule has 162 valence electrons. The molecule has 7 heteroatoms. The molecule has 3 heterocycles. The van der Waals surface area contributed by atoms with Gasteiger partial charge in [-0.25, -0.2) is 4.99 Å². The predicted octanol–water partition coefficient (Wildman–Crippen LogP) is 4.02. The molecule has 1 amide bonds. The monoisotopic (exact) mass is 445 g/mol. The molecule has 5 rings (SSSR count). The highest BCUT2D eigenvalue weighted by molar-refractivity contribution is 6.47. The van der Waals surface area contributed by atoms with Crippen LogP contribution in [-0.2, 0) is 4.79 Å². The summed E-state index contributed by atoms with van der Waals surface area (Å²) in [4.78, 5) is 21.9. The number of hydrogen-bond acceptors (Lipinski definition) is 5. The van der Waals surface area contributed by atoms with Crippen molar-refractivity contribution in [1.29, 1.82) is 0 Å². The van der Waals surface area contributed by atoms with Crippen LogP contribution in [0.25, 0.3) is 5.57 Å². The largest absolute Gasteiger partial charge is 0.370 e. The van der Waals surface area contributed by atoms with Gasteiger partial charge in [0.1, 0.15) is 11.5 Å². The van der Waals surface area contributed by atoms with Gasteiger partial charge in [0, 0.05) is 53.8 Å². The Hall–Kier alpha value is -3.35. The molecular weight excluding hydrogens is 422 g/mol. The number of nitrogens with two attached hydrogens (primary N) is 1. The Morgan fingerprint density at radius 2 is 2.00 bits per heavy atom. The van der Waals surface area contributed by atoms with Crippen molar-refractivity contribution in [2.45, 2.75) is 12.5 Å². The van der Waals surface area contributed by atoms with Gasteiger partial charge in [-0.15, -0.1) is 0 Å². The van der Waals surface area contributed by atoms with E-state index in [9.17, 15) is 4.79 Å². The second-order valence-corrected chi connectivity index (χ2v) is 8.55. The van der Waals surface area contributed by atoms with Crippen molar-refractivity contribution >= 4 is 40.2 Å². The molecule has 1 saturated heterocycles. The van der Waals surface area contributed by atoms with Crippen molar-refractivity contribution in [3.63, 3.8) is 0 Å². The highest BCUT2D eigenvalue weighted by Gasteiger charge is 2.23. The number of carbonyl (C=O) groups is 1. The van der Waals surface area contributed by atoms with Gasteiger partial charge in [-0.2, -0.15) is 0 Å². The van der Waals surface area contributed by atoms with Crippen LogP contribution in [0.5, 0.6) is 0 Å². The average molecular weight is 446 g/mol. The summed E-state index contributed by atoms with van der Waals surface area (Å²) in [7, 11) is 0. The van der Waals surface area contributed by atoms with Gasteiger partial charge in [0.2, 0.25) is 0 Å². The summed E-state index contributed by atoms with van der Waals surface area (Å²) >= 11 is 6.18. The fraction of sp³-hybridized carbons (Fsp3) is 0.200. The number of aliphatic imine (C=N–C) groups is 1. The Bertz CT molecular complexity index is 1170. The maximum Gasteiger partial charge on any atom is 0.274 e. The third kappa shape index (κ3) is 4.20. The van der Waals surface area contributed by atoms with E-state index in [2.05, 4.69) is 21.3 Å². The summed E-state index contributed by atoms with van der Waals surface area (Å²) in [6.45, 7) is 2.53. The highest BCUT2D eigenvalue weighted by Crippen LogP contribution is 2.30. The van der Waals surface area contributed by atoms with Crippen molar-refractivity contribution in [2.24, 2.45) is 10.7 Å². The predicted molar refractivity (Wildman–Crippen MR) is 131 cm³/mol. The fourth-order valence-electron chi connectivity index (χ4n) is 4.15. The Balaban J connectivity index is 1.36. The van der Waals surface area contributed by atoms with Crippen LogP contribution in [0.3, 0.4) is 0 Å². The molecule has 0 unspecified atom stereocenters. The molecule has 0 saturated carbocycles. The summed E-state index contributed by atoms with van der Waals surface area (Å²) in [6.07, 6.45) is 8.74. The summed E-state index contributed by atoms with van der Waals surface area (Å²) in [5.41, 5.74) is 10.1. The summed E-state index contributed by atoms with van der Waals surface area (Å²) in [5.74, 6) is 0.493. The van der Waals surface area contributed by atoms with Crippen LogP contribution in [0.15, 0.2) is 83.8 Å². The number of carbonyl (C=O) groups excluding carboxylic acids is 1.